The minimum atomic E-state index is -3.67. The van der Waals surface area contributed by atoms with Crippen LogP contribution >= 0.6 is 11.6 Å². The van der Waals surface area contributed by atoms with Crippen molar-refractivity contribution in [1.82, 2.24) is 14.5 Å². The normalized spacial score (nSPS) is 20.4. The Hall–Kier alpha value is -3.17. The first-order valence-corrected chi connectivity index (χ1v) is 13.6. The van der Waals surface area contributed by atoms with Crippen LogP contribution in [0.25, 0.3) is 10.8 Å². The maximum absolute atomic E-state index is 13.3. The molecule has 1 amide bonds. The number of hydrogen-bond acceptors (Lipinski definition) is 5. The van der Waals surface area contributed by atoms with E-state index < -0.39 is 15.6 Å². The summed E-state index contributed by atoms with van der Waals surface area (Å²) in [5, 5.41) is 5.59. The quantitative estimate of drug-likeness (QED) is 0.535. The van der Waals surface area contributed by atoms with E-state index >= 15 is 0 Å². The summed E-state index contributed by atoms with van der Waals surface area (Å²) in [6.45, 7) is 1.50. The molecule has 1 fully saturated rings. The number of sulfonamides is 1. The van der Waals surface area contributed by atoms with Crippen molar-refractivity contribution >= 4 is 38.3 Å². The van der Waals surface area contributed by atoms with Gasteiger partial charge in [-0.25, -0.2) is 8.42 Å². The van der Waals surface area contributed by atoms with Gasteiger partial charge < -0.3 is 16.0 Å². The van der Waals surface area contributed by atoms with Gasteiger partial charge >= 0.3 is 0 Å². The number of allylic oxidation sites excluding steroid dienone is 2. The van der Waals surface area contributed by atoms with Crippen LogP contribution in [-0.2, 0) is 15.6 Å². The maximum atomic E-state index is 13.3. The second-order valence-electron chi connectivity index (χ2n) is 8.96. The predicted octanol–water partition coefficient (Wildman–Crippen LogP) is 3.47. The summed E-state index contributed by atoms with van der Waals surface area (Å²) in [7, 11) is -3.67. The number of halogens is 1. The van der Waals surface area contributed by atoms with Crippen LogP contribution in [0.1, 0.15) is 15.9 Å². The maximum Gasteiger partial charge on any atom is 0.253 e. The minimum Gasteiger partial charge on any atom is -0.377 e. The summed E-state index contributed by atoms with van der Waals surface area (Å²) >= 11 is 6.04. The molecule has 3 N–H and O–H groups in total. The van der Waals surface area contributed by atoms with Crippen LogP contribution in [0.15, 0.2) is 90.0 Å². The third-order valence-electron chi connectivity index (χ3n) is 6.84. The van der Waals surface area contributed by atoms with Crippen LogP contribution in [0.4, 0.5) is 0 Å². The van der Waals surface area contributed by atoms with Crippen LogP contribution in [0.5, 0.6) is 0 Å². The molecule has 0 radical (unpaired) electrons. The van der Waals surface area contributed by atoms with Gasteiger partial charge in [0.05, 0.1) is 10.4 Å². The largest absolute Gasteiger partial charge is 0.377 e. The standard InChI is InChI=1S/C27H27ClN4O3S/c28-24-9-5-22-18-25(10-6-21(22)17-24)36(34,35)32-15-13-31(14-16-32)26(33)20-3-7-23(8-4-20)27(19-29)11-1-2-12-30-27/h1-12,17-18,30H,13-16,19,29H2. The lowest BCUT2D eigenvalue weighted by molar-refractivity contribution is 0.0698. The Morgan fingerprint density at radius 1 is 0.944 bits per heavy atom. The van der Waals surface area contributed by atoms with Gasteiger partial charge in [0, 0.05) is 43.3 Å². The van der Waals surface area contributed by atoms with Crippen molar-refractivity contribution in [3.05, 3.63) is 101 Å². The third-order valence-corrected chi connectivity index (χ3v) is 8.97. The van der Waals surface area contributed by atoms with Crippen molar-refractivity contribution < 1.29 is 13.2 Å². The fourth-order valence-electron chi connectivity index (χ4n) is 4.67. The Balaban J connectivity index is 1.26. The van der Waals surface area contributed by atoms with Gasteiger partial charge in [-0.1, -0.05) is 48.0 Å². The Labute approximate surface area is 215 Å². The molecule has 2 aliphatic rings. The van der Waals surface area contributed by atoms with Gasteiger partial charge in [-0.15, -0.1) is 0 Å². The van der Waals surface area contributed by atoms with Crippen molar-refractivity contribution in [1.29, 1.82) is 0 Å². The average Bonchev–Trinajstić information content (AvgIpc) is 2.93. The van der Waals surface area contributed by atoms with Gasteiger partial charge in [-0.05, 0) is 65.0 Å². The molecular weight excluding hydrogens is 496 g/mol. The SMILES string of the molecule is NCC1(c2ccc(C(=O)N3CCN(S(=O)(=O)c4ccc5cc(Cl)ccc5c4)CC3)cc2)C=CC=CN1. The van der Waals surface area contributed by atoms with E-state index in [2.05, 4.69) is 5.32 Å². The van der Waals surface area contributed by atoms with E-state index in [9.17, 15) is 13.2 Å². The van der Waals surface area contributed by atoms with Gasteiger partial charge in [0.1, 0.15) is 0 Å². The van der Waals surface area contributed by atoms with Crippen LogP contribution in [0, 0.1) is 0 Å². The van der Waals surface area contributed by atoms with Gasteiger partial charge in [0.2, 0.25) is 10.0 Å². The van der Waals surface area contributed by atoms with E-state index in [1.54, 1.807) is 47.4 Å². The number of carbonyl (C=O) groups excluding carboxylic acids is 1. The predicted molar refractivity (Wildman–Crippen MR) is 142 cm³/mol. The number of nitrogens with zero attached hydrogens (tertiary/aromatic N) is 2. The number of rotatable bonds is 5. The number of fused-ring (bicyclic) bond motifs is 1. The molecule has 0 saturated carbocycles. The molecule has 36 heavy (non-hydrogen) atoms. The molecule has 0 bridgehead atoms. The second-order valence-corrected chi connectivity index (χ2v) is 11.3. The summed E-state index contributed by atoms with van der Waals surface area (Å²) in [4.78, 5) is 15.1. The molecule has 186 valence electrons. The number of piperazine rings is 1. The van der Waals surface area contributed by atoms with E-state index in [0.717, 1.165) is 16.3 Å². The van der Waals surface area contributed by atoms with Crippen molar-refractivity contribution in [2.45, 2.75) is 10.4 Å². The molecule has 0 aliphatic carbocycles. The summed E-state index contributed by atoms with van der Waals surface area (Å²) in [6.07, 6.45) is 7.71. The molecule has 1 saturated heterocycles. The van der Waals surface area contributed by atoms with E-state index in [0.29, 0.717) is 30.2 Å². The summed E-state index contributed by atoms with van der Waals surface area (Å²) in [6, 6.07) is 17.8. The fourth-order valence-corrected chi connectivity index (χ4v) is 6.31. The summed E-state index contributed by atoms with van der Waals surface area (Å²) in [5.74, 6) is -0.116. The zero-order valence-electron chi connectivity index (χ0n) is 19.6. The minimum absolute atomic E-state index is 0.116. The van der Waals surface area contributed by atoms with Crippen molar-refractivity contribution in [3.63, 3.8) is 0 Å². The lowest BCUT2D eigenvalue weighted by atomic mass is 9.87. The number of benzene rings is 3. The van der Waals surface area contributed by atoms with E-state index in [-0.39, 0.29) is 23.9 Å². The number of amides is 1. The average molecular weight is 523 g/mol. The molecule has 5 rings (SSSR count). The van der Waals surface area contributed by atoms with Crippen molar-refractivity contribution in [3.8, 4) is 0 Å². The molecule has 1 atom stereocenters. The van der Waals surface area contributed by atoms with Crippen LogP contribution < -0.4 is 11.1 Å². The highest BCUT2D eigenvalue weighted by Crippen LogP contribution is 2.27. The number of carbonyl (C=O) groups is 1. The molecule has 3 aromatic rings. The number of nitrogens with two attached hydrogens (primary N) is 1. The zero-order valence-corrected chi connectivity index (χ0v) is 21.2. The lowest BCUT2D eigenvalue weighted by Gasteiger charge is -2.34. The molecule has 1 unspecified atom stereocenters. The Bertz CT molecular complexity index is 1460. The molecule has 3 aromatic carbocycles. The highest BCUT2D eigenvalue weighted by molar-refractivity contribution is 7.89. The first kappa shape index (κ1) is 24.5. The van der Waals surface area contributed by atoms with Gasteiger partial charge in [0.25, 0.3) is 5.91 Å². The van der Waals surface area contributed by atoms with Gasteiger partial charge in [-0.2, -0.15) is 4.31 Å². The topological polar surface area (TPSA) is 95.7 Å². The molecule has 7 nitrogen and oxygen atoms in total. The number of hydrogen-bond donors (Lipinski definition) is 2. The highest BCUT2D eigenvalue weighted by atomic mass is 35.5. The Morgan fingerprint density at radius 3 is 2.31 bits per heavy atom. The third kappa shape index (κ3) is 4.53. The smallest absolute Gasteiger partial charge is 0.253 e. The molecule has 0 spiro atoms. The van der Waals surface area contributed by atoms with E-state index in [4.69, 9.17) is 17.3 Å². The lowest BCUT2D eigenvalue weighted by Crippen LogP contribution is -2.50. The van der Waals surface area contributed by atoms with E-state index in [1.165, 1.54) is 4.31 Å². The number of nitrogens with one attached hydrogen (secondary N) is 1. The van der Waals surface area contributed by atoms with Gasteiger partial charge in [0.15, 0.2) is 0 Å². The second kappa shape index (κ2) is 9.71. The fraction of sp³-hybridized carbons (Fsp3) is 0.222. The molecule has 2 heterocycles. The summed E-state index contributed by atoms with van der Waals surface area (Å²) < 4.78 is 28.0. The first-order valence-electron chi connectivity index (χ1n) is 11.7. The molecule has 9 heteroatoms. The Morgan fingerprint density at radius 2 is 1.64 bits per heavy atom. The van der Waals surface area contributed by atoms with Gasteiger partial charge in [-0.3, -0.25) is 4.79 Å². The van der Waals surface area contributed by atoms with Crippen molar-refractivity contribution in [2.75, 3.05) is 32.7 Å². The monoisotopic (exact) mass is 522 g/mol. The molecule has 2 aliphatic heterocycles. The zero-order chi connectivity index (χ0) is 25.3. The Kier molecular flexibility index (Phi) is 6.61. The van der Waals surface area contributed by atoms with Crippen molar-refractivity contribution in [2.24, 2.45) is 5.73 Å². The molecule has 0 aromatic heterocycles. The summed E-state index contributed by atoms with van der Waals surface area (Å²) in [5.41, 5.74) is 7.06. The van der Waals surface area contributed by atoms with E-state index in [1.807, 2.05) is 42.6 Å². The highest BCUT2D eigenvalue weighted by Gasteiger charge is 2.31. The van der Waals surface area contributed by atoms with Crippen LogP contribution in [0.2, 0.25) is 5.02 Å². The number of dihydropyridines is 1. The molecular formula is C27H27ClN4O3S. The van der Waals surface area contributed by atoms with Crippen LogP contribution in [-0.4, -0.2) is 56.3 Å². The van der Waals surface area contributed by atoms with Crippen LogP contribution in [0.3, 0.4) is 0 Å². The first-order chi connectivity index (χ1) is 17.3.